The first kappa shape index (κ1) is 11.8. The highest BCUT2D eigenvalue weighted by molar-refractivity contribution is 6.31. The van der Waals surface area contributed by atoms with Crippen molar-refractivity contribution >= 4 is 17.3 Å². The van der Waals surface area contributed by atoms with Gasteiger partial charge >= 0.3 is 0 Å². The standard InChI is InChI=1S/C14H14ClNO/c1-9-7-10(3-6-14(9)17-2)12-5-4-11(15)8-13(12)16/h3-8H,16H2,1-2H3. The molecule has 2 nitrogen and oxygen atoms in total. The smallest absolute Gasteiger partial charge is 0.121 e. The van der Waals surface area contributed by atoms with Crippen LogP contribution in [-0.4, -0.2) is 7.11 Å². The maximum absolute atomic E-state index is 5.96. The van der Waals surface area contributed by atoms with Gasteiger partial charge in [0.05, 0.1) is 7.11 Å². The number of methoxy groups -OCH3 is 1. The largest absolute Gasteiger partial charge is 0.496 e. The highest BCUT2D eigenvalue weighted by atomic mass is 35.5. The zero-order valence-corrected chi connectivity index (χ0v) is 10.6. The lowest BCUT2D eigenvalue weighted by atomic mass is 10.0. The maximum atomic E-state index is 5.96. The van der Waals surface area contributed by atoms with Crippen LogP contribution in [0.5, 0.6) is 5.75 Å². The van der Waals surface area contributed by atoms with E-state index in [0.717, 1.165) is 22.4 Å². The van der Waals surface area contributed by atoms with Crippen LogP contribution in [0.2, 0.25) is 5.02 Å². The molecule has 3 heteroatoms. The van der Waals surface area contributed by atoms with Crippen molar-refractivity contribution in [2.75, 3.05) is 12.8 Å². The van der Waals surface area contributed by atoms with Crippen LogP contribution in [0, 0.1) is 6.92 Å². The first-order chi connectivity index (χ1) is 8.11. The van der Waals surface area contributed by atoms with Crippen molar-refractivity contribution in [2.45, 2.75) is 6.92 Å². The molecule has 2 aromatic carbocycles. The number of benzene rings is 2. The monoisotopic (exact) mass is 247 g/mol. The number of nitrogens with two attached hydrogens (primary N) is 1. The van der Waals surface area contributed by atoms with Gasteiger partial charge in [-0.3, -0.25) is 0 Å². The second kappa shape index (κ2) is 4.68. The van der Waals surface area contributed by atoms with Gasteiger partial charge in [0.25, 0.3) is 0 Å². The van der Waals surface area contributed by atoms with E-state index < -0.39 is 0 Å². The molecule has 0 unspecified atom stereocenters. The fourth-order valence-corrected chi connectivity index (χ4v) is 2.02. The molecule has 0 heterocycles. The number of rotatable bonds is 2. The average Bonchev–Trinajstić information content (AvgIpc) is 2.29. The fraction of sp³-hybridized carbons (Fsp3) is 0.143. The van der Waals surface area contributed by atoms with Crippen LogP contribution in [0.15, 0.2) is 36.4 Å². The van der Waals surface area contributed by atoms with Gasteiger partial charge < -0.3 is 10.5 Å². The lowest BCUT2D eigenvalue weighted by molar-refractivity contribution is 0.412. The summed E-state index contributed by atoms with van der Waals surface area (Å²) in [6, 6.07) is 11.5. The molecule has 0 saturated heterocycles. The summed E-state index contributed by atoms with van der Waals surface area (Å²) in [5, 5.41) is 0.650. The molecule has 0 fully saturated rings. The lowest BCUT2D eigenvalue weighted by Crippen LogP contribution is -1.92. The molecule has 0 aliphatic carbocycles. The van der Waals surface area contributed by atoms with Crippen LogP contribution >= 0.6 is 11.6 Å². The summed E-state index contributed by atoms with van der Waals surface area (Å²) in [6.07, 6.45) is 0. The molecule has 88 valence electrons. The molecular weight excluding hydrogens is 234 g/mol. The Morgan fingerprint density at radius 2 is 1.88 bits per heavy atom. The first-order valence-corrected chi connectivity index (χ1v) is 5.69. The van der Waals surface area contributed by atoms with Crippen LogP contribution in [-0.2, 0) is 0 Å². The molecule has 0 atom stereocenters. The number of nitrogen functional groups attached to an aromatic ring is 1. The van der Waals surface area contributed by atoms with Gasteiger partial charge in [-0.2, -0.15) is 0 Å². The molecule has 0 saturated carbocycles. The number of aryl methyl sites for hydroxylation is 1. The molecule has 0 aliphatic heterocycles. The van der Waals surface area contributed by atoms with Crippen molar-refractivity contribution in [3.05, 3.63) is 47.0 Å². The molecule has 0 aliphatic rings. The molecule has 2 rings (SSSR count). The minimum absolute atomic E-state index is 0.650. The minimum Gasteiger partial charge on any atom is -0.496 e. The van der Waals surface area contributed by atoms with Crippen LogP contribution in [0.3, 0.4) is 0 Å². The summed E-state index contributed by atoms with van der Waals surface area (Å²) in [5.41, 5.74) is 9.78. The van der Waals surface area contributed by atoms with Crippen molar-refractivity contribution in [1.82, 2.24) is 0 Å². The van der Waals surface area contributed by atoms with E-state index in [-0.39, 0.29) is 0 Å². The molecule has 0 aromatic heterocycles. The van der Waals surface area contributed by atoms with Gasteiger partial charge in [-0.1, -0.05) is 23.7 Å². The third kappa shape index (κ3) is 2.37. The number of hydrogen-bond donors (Lipinski definition) is 1. The summed E-state index contributed by atoms with van der Waals surface area (Å²) in [5.74, 6) is 0.876. The van der Waals surface area contributed by atoms with Gasteiger partial charge in [0.1, 0.15) is 5.75 Å². The van der Waals surface area contributed by atoms with Gasteiger partial charge in [0.2, 0.25) is 0 Å². The Labute approximate surface area is 106 Å². The van der Waals surface area contributed by atoms with E-state index >= 15 is 0 Å². The molecule has 2 aromatic rings. The molecule has 0 amide bonds. The second-order valence-electron chi connectivity index (χ2n) is 3.92. The average molecular weight is 248 g/mol. The van der Waals surface area contributed by atoms with Gasteiger partial charge in [-0.15, -0.1) is 0 Å². The summed E-state index contributed by atoms with van der Waals surface area (Å²) in [6.45, 7) is 2.01. The van der Waals surface area contributed by atoms with Crippen LogP contribution in [0.25, 0.3) is 11.1 Å². The van der Waals surface area contributed by atoms with Crippen LogP contribution < -0.4 is 10.5 Å². The van der Waals surface area contributed by atoms with Crippen LogP contribution in [0.4, 0.5) is 5.69 Å². The van der Waals surface area contributed by atoms with E-state index in [1.165, 1.54) is 0 Å². The zero-order chi connectivity index (χ0) is 12.4. The maximum Gasteiger partial charge on any atom is 0.121 e. The Balaban J connectivity index is 2.50. The number of halogens is 1. The molecular formula is C14H14ClNO. The predicted molar refractivity (Wildman–Crippen MR) is 72.6 cm³/mol. The number of anilines is 1. The number of ether oxygens (including phenoxy) is 1. The topological polar surface area (TPSA) is 35.2 Å². The predicted octanol–water partition coefficient (Wildman–Crippen LogP) is 3.91. The van der Waals surface area contributed by atoms with Gasteiger partial charge in [-0.25, -0.2) is 0 Å². The van der Waals surface area contributed by atoms with Crippen LogP contribution in [0.1, 0.15) is 5.56 Å². The van der Waals surface area contributed by atoms with E-state index in [9.17, 15) is 0 Å². The highest BCUT2D eigenvalue weighted by Crippen LogP contribution is 2.31. The van der Waals surface area contributed by atoms with Gasteiger partial charge in [0, 0.05) is 16.3 Å². The third-order valence-corrected chi connectivity index (χ3v) is 2.95. The Morgan fingerprint density at radius 3 is 2.47 bits per heavy atom. The van der Waals surface area contributed by atoms with Crippen molar-refractivity contribution < 1.29 is 4.74 Å². The minimum atomic E-state index is 0.650. The summed E-state index contributed by atoms with van der Waals surface area (Å²) >= 11 is 5.88. The summed E-state index contributed by atoms with van der Waals surface area (Å²) in [7, 11) is 1.67. The first-order valence-electron chi connectivity index (χ1n) is 5.32. The van der Waals surface area contributed by atoms with E-state index in [2.05, 4.69) is 6.07 Å². The second-order valence-corrected chi connectivity index (χ2v) is 4.35. The quantitative estimate of drug-likeness (QED) is 0.817. The van der Waals surface area contributed by atoms with E-state index in [0.29, 0.717) is 10.7 Å². The Kier molecular flexibility index (Phi) is 3.25. The van der Waals surface area contributed by atoms with Crippen molar-refractivity contribution in [1.29, 1.82) is 0 Å². The number of hydrogen-bond acceptors (Lipinski definition) is 2. The molecule has 0 spiro atoms. The third-order valence-electron chi connectivity index (χ3n) is 2.72. The lowest BCUT2D eigenvalue weighted by Gasteiger charge is -2.09. The van der Waals surface area contributed by atoms with E-state index in [1.807, 2.05) is 31.2 Å². The molecule has 17 heavy (non-hydrogen) atoms. The van der Waals surface area contributed by atoms with Gasteiger partial charge in [-0.05, 0) is 42.3 Å². The summed E-state index contributed by atoms with van der Waals surface area (Å²) < 4.78 is 5.23. The van der Waals surface area contributed by atoms with Gasteiger partial charge in [0.15, 0.2) is 0 Å². The molecule has 0 bridgehead atoms. The summed E-state index contributed by atoms with van der Waals surface area (Å²) in [4.78, 5) is 0. The fourth-order valence-electron chi connectivity index (χ4n) is 1.84. The normalized spacial score (nSPS) is 10.3. The van der Waals surface area contributed by atoms with E-state index in [1.54, 1.807) is 13.2 Å². The Hall–Kier alpha value is -1.67. The van der Waals surface area contributed by atoms with Crippen molar-refractivity contribution in [3.63, 3.8) is 0 Å². The van der Waals surface area contributed by atoms with Crippen molar-refractivity contribution in [3.8, 4) is 16.9 Å². The highest BCUT2D eigenvalue weighted by Gasteiger charge is 2.05. The Bertz CT molecular complexity index is 552. The Morgan fingerprint density at radius 1 is 1.12 bits per heavy atom. The van der Waals surface area contributed by atoms with Crippen molar-refractivity contribution in [2.24, 2.45) is 0 Å². The molecule has 0 radical (unpaired) electrons. The van der Waals surface area contributed by atoms with E-state index in [4.69, 9.17) is 22.1 Å². The zero-order valence-electron chi connectivity index (χ0n) is 9.83. The SMILES string of the molecule is COc1ccc(-c2ccc(Cl)cc2N)cc1C. The molecule has 2 N–H and O–H groups in total.